The van der Waals surface area contributed by atoms with Crippen molar-refractivity contribution >= 4 is 22.8 Å². The van der Waals surface area contributed by atoms with Gasteiger partial charge in [0.1, 0.15) is 11.3 Å². The number of esters is 1. The first-order valence-electron chi connectivity index (χ1n) is 7.57. The van der Waals surface area contributed by atoms with Crippen LogP contribution in [0.5, 0.6) is 0 Å². The van der Waals surface area contributed by atoms with Crippen molar-refractivity contribution in [1.29, 1.82) is 0 Å². The zero-order valence-corrected chi connectivity index (χ0v) is 13.7. The molecule has 0 aliphatic heterocycles. The molecule has 6 nitrogen and oxygen atoms in total. The lowest BCUT2D eigenvalue weighted by molar-refractivity contribution is 0.0597. The van der Waals surface area contributed by atoms with Gasteiger partial charge in [0.25, 0.3) is 5.91 Å². The lowest BCUT2D eigenvalue weighted by atomic mass is 9.93. The highest BCUT2D eigenvalue weighted by Crippen LogP contribution is 2.34. The minimum atomic E-state index is -0.531. The van der Waals surface area contributed by atoms with Gasteiger partial charge < -0.3 is 19.5 Å². The molecule has 24 heavy (non-hydrogen) atoms. The van der Waals surface area contributed by atoms with E-state index in [0.29, 0.717) is 5.76 Å². The summed E-state index contributed by atoms with van der Waals surface area (Å²) >= 11 is 0. The van der Waals surface area contributed by atoms with E-state index in [9.17, 15) is 9.59 Å². The minimum Gasteiger partial charge on any atom is -0.465 e. The maximum absolute atomic E-state index is 12.1. The number of hydrogen-bond acceptors (Lipinski definition) is 4. The topological polar surface area (TPSA) is 84.3 Å². The van der Waals surface area contributed by atoms with Gasteiger partial charge >= 0.3 is 5.97 Å². The van der Waals surface area contributed by atoms with E-state index in [-0.39, 0.29) is 17.2 Å². The van der Waals surface area contributed by atoms with Crippen LogP contribution in [0.15, 0.2) is 40.9 Å². The first-order valence-corrected chi connectivity index (χ1v) is 7.57. The van der Waals surface area contributed by atoms with Crippen LogP contribution < -0.4 is 5.32 Å². The molecular weight excluding hydrogens is 308 g/mol. The Kier molecular flexibility index (Phi) is 4.12. The van der Waals surface area contributed by atoms with Crippen LogP contribution in [-0.4, -0.2) is 31.0 Å². The van der Waals surface area contributed by atoms with Gasteiger partial charge in [0, 0.05) is 36.1 Å². The zero-order valence-electron chi connectivity index (χ0n) is 13.7. The summed E-state index contributed by atoms with van der Waals surface area (Å²) in [4.78, 5) is 27.1. The van der Waals surface area contributed by atoms with Crippen molar-refractivity contribution < 1.29 is 18.7 Å². The monoisotopic (exact) mass is 326 g/mol. The summed E-state index contributed by atoms with van der Waals surface area (Å²) in [5, 5.41) is 3.53. The molecule has 1 aromatic carbocycles. The lowest BCUT2D eigenvalue weighted by Crippen LogP contribution is -2.16. The molecule has 3 rings (SSSR count). The number of carbonyl (C=O) groups excluding carboxylic acids is 2. The van der Waals surface area contributed by atoms with Crippen molar-refractivity contribution in [3.05, 3.63) is 59.2 Å². The van der Waals surface area contributed by atoms with Crippen LogP contribution in [0, 0.1) is 0 Å². The van der Waals surface area contributed by atoms with E-state index in [1.165, 1.54) is 20.2 Å². The van der Waals surface area contributed by atoms with Gasteiger partial charge in [0.15, 0.2) is 5.76 Å². The highest BCUT2D eigenvalue weighted by Gasteiger charge is 2.27. The predicted molar refractivity (Wildman–Crippen MR) is 89.3 cm³/mol. The van der Waals surface area contributed by atoms with Gasteiger partial charge in [-0.05, 0) is 17.7 Å². The second-order valence-corrected chi connectivity index (χ2v) is 5.47. The largest absolute Gasteiger partial charge is 0.465 e. The summed E-state index contributed by atoms with van der Waals surface area (Å²) in [5.74, 6) is -0.650. The van der Waals surface area contributed by atoms with Crippen molar-refractivity contribution in [2.45, 2.75) is 12.8 Å². The average Bonchev–Trinajstić information content (AvgIpc) is 3.26. The highest BCUT2D eigenvalue weighted by atomic mass is 16.5. The highest BCUT2D eigenvalue weighted by molar-refractivity contribution is 5.97. The number of benzene rings is 1. The van der Waals surface area contributed by atoms with Crippen LogP contribution in [0.1, 0.15) is 45.1 Å². The number of aromatic amines is 1. The van der Waals surface area contributed by atoms with Crippen molar-refractivity contribution in [2.75, 3.05) is 14.2 Å². The third-order valence-electron chi connectivity index (χ3n) is 4.11. The molecule has 1 amide bonds. The number of fused-ring (bicyclic) bond motifs is 1. The molecule has 0 saturated carbocycles. The Morgan fingerprint density at radius 3 is 2.79 bits per heavy atom. The van der Waals surface area contributed by atoms with Crippen LogP contribution >= 0.6 is 0 Å². The van der Waals surface area contributed by atoms with E-state index in [2.05, 4.69) is 10.3 Å². The fraction of sp³-hybridized carbons (Fsp3) is 0.222. The summed E-state index contributed by atoms with van der Waals surface area (Å²) in [6, 6.07) is 9.29. The zero-order chi connectivity index (χ0) is 17.3. The van der Waals surface area contributed by atoms with Gasteiger partial charge in [-0.15, -0.1) is 0 Å². The Morgan fingerprint density at radius 1 is 1.29 bits per heavy atom. The standard InChI is InChI=1S/C18H18N2O4/c1-10(11-5-4-6-14-12(11)7-8-20-14)16-13(18(22)23-3)9-15(24-16)17(21)19-2/h4-10,20H,1-3H3,(H,19,21). The van der Waals surface area contributed by atoms with Crippen LogP contribution in [0.25, 0.3) is 10.9 Å². The third-order valence-corrected chi connectivity index (χ3v) is 4.11. The molecule has 2 heterocycles. The van der Waals surface area contributed by atoms with Crippen molar-refractivity contribution in [2.24, 2.45) is 0 Å². The SMILES string of the molecule is CNC(=O)c1cc(C(=O)OC)c(C(C)c2cccc3[nH]ccc23)o1. The number of furan rings is 1. The van der Waals surface area contributed by atoms with Crippen molar-refractivity contribution in [3.63, 3.8) is 0 Å². The van der Waals surface area contributed by atoms with E-state index >= 15 is 0 Å². The molecule has 0 saturated heterocycles. The van der Waals surface area contributed by atoms with Crippen molar-refractivity contribution in [3.8, 4) is 0 Å². The van der Waals surface area contributed by atoms with E-state index in [0.717, 1.165) is 16.5 Å². The predicted octanol–water partition coefficient (Wildman–Crippen LogP) is 3.06. The Morgan fingerprint density at radius 2 is 2.08 bits per heavy atom. The Labute approximate surface area is 138 Å². The molecule has 3 aromatic rings. The van der Waals surface area contributed by atoms with E-state index in [1.54, 1.807) is 0 Å². The molecule has 2 N–H and O–H groups in total. The van der Waals surface area contributed by atoms with Gasteiger partial charge in [-0.25, -0.2) is 4.79 Å². The molecule has 0 aliphatic carbocycles. The summed E-state index contributed by atoms with van der Waals surface area (Å²) in [6.07, 6.45) is 1.86. The van der Waals surface area contributed by atoms with Crippen molar-refractivity contribution in [1.82, 2.24) is 10.3 Å². The number of nitrogens with one attached hydrogen (secondary N) is 2. The number of aromatic nitrogens is 1. The number of carbonyl (C=O) groups is 2. The Hall–Kier alpha value is -3.02. The second kappa shape index (κ2) is 6.23. The van der Waals surface area contributed by atoms with E-state index in [4.69, 9.17) is 9.15 Å². The van der Waals surface area contributed by atoms with Gasteiger partial charge in [0.05, 0.1) is 7.11 Å². The fourth-order valence-electron chi connectivity index (χ4n) is 2.86. The minimum absolute atomic E-state index is 0.0843. The van der Waals surface area contributed by atoms with Crippen LogP contribution in [0.2, 0.25) is 0 Å². The fourth-order valence-corrected chi connectivity index (χ4v) is 2.86. The molecular formula is C18H18N2O4. The maximum Gasteiger partial charge on any atom is 0.341 e. The number of rotatable bonds is 4. The molecule has 0 fully saturated rings. The van der Waals surface area contributed by atoms with Gasteiger partial charge in [-0.2, -0.15) is 0 Å². The molecule has 124 valence electrons. The number of hydrogen-bond donors (Lipinski definition) is 2. The van der Waals surface area contributed by atoms with E-state index < -0.39 is 11.9 Å². The Bertz CT molecular complexity index is 907. The van der Waals surface area contributed by atoms with Gasteiger partial charge in [-0.1, -0.05) is 19.1 Å². The maximum atomic E-state index is 12.1. The quantitative estimate of drug-likeness (QED) is 0.722. The molecule has 1 unspecified atom stereocenters. The summed E-state index contributed by atoms with van der Waals surface area (Å²) in [7, 11) is 2.81. The molecule has 6 heteroatoms. The lowest BCUT2D eigenvalue weighted by Gasteiger charge is -2.12. The number of ether oxygens (including phenoxy) is 1. The molecule has 1 atom stereocenters. The molecule has 2 aromatic heterocycles. The molecule has 0 spiro atoms. The van der Waals surface area contributed by atoms with Crippen LogP contribution in [0.4, 0.5) is 0 Å². The average molecular weight is 326 g/mol. The van der Waals surface area contributed by atoms with Crippen LogP contribution in [0.3, 0.4) is 0 Å². The van der Waals surface area contributed by atoms with Gasteiger partial charge in [0.2, 0.25) is 0 Å². The molecule has 0 radical (unpaired) electrons. The smallest absolute Gasteiger partial charge is 0.341 e. The molecule has 0 bridgehead atoms. The second-order valence-electron chi connectivity index (χ2n) is 5.47. The van der Waals surface area contributed by atoms with Crippen LogP contribution in [-0.2, 0) is 4.74 Å². The first-order chi connectivity index (χ1) is 11.6. The number of H-pyrrole nitrogens is 1. The molecule has 0 aliphatic rings. The first kappa shape index (κ1) is 15.9. The normalized spacial score (nSPS) is 12.1. The van der Waals surface area contributed by atoms with Gasteiger partial charge in [-0.3, -0.25) is 4.79 Å². The number of amides is 1. The summed E-state index contributed by atoms with van der Waals surface area (Å²) in [6.45, 7) is 1.93. The third kappa shape index (κ3) is 2.56. The summed E-state index contributed by atoms with van der Waals surface area (Å²) in [5.41, 5.74) is 2.25. The number of methoxy groups -OCH3 is 1. The Balaban J connectivity index is 2.13. The summed E-state index contributed by atoms with van der Waals surface area (Å²) < 4.78 is 10.5. The van der Waals surface area contributed by atoms with E-state index in [1.807, 2.05) is 37.4 Å².